The number of fused-ring (bicyclic) bond motifs is 1. The number of aromatic nitrogens is 2. The van der Waals surface area contributed by atoms with Crippen LogP contribution in [0.1, 0.15) is 49.0 Å². The fourth-order valence-corrected chi connectivity index (χ4v) is 4.20. The lowest BCUT2D eigenvalue weighted by Crippen LogP contribution is -2.10. The second kappa shape index (κ2) is 5.90. The van der Waals surface area contributed by atoms with Crippen LogP contribution >= 0.6 is 23.4 Å². The van der Waals surface area contributed by atoms with Gasteiger partial charge in [-0.2, -0.15) is 17.0 Å². The van der Waals surface area contributed by atoms with Gasteiger partial charge in [-0.1, -0.05) is 6.07 Å². The molecule has 5 heteroatoms. The molecule has 21 heavy (non-hydrogen) atoms. The Kier molecular flexibility index (Phi) is 4.14. The summed E-state index contributed by atoms with van der Waals surface area (Å²) in [5.41, 5.74) is 2.46. The summed E-state index contributed by atoms with van der Waals surface area (Å²) in [4.78, 5) is 4.68. The summed E-state index contributed by atoms with van der Waals surface area (Å²) in [5, 5.41) is 9.84. The summed E-state index contributed by atoms with van der Waals surface area (Å²) >= 11 is 8.29. The summed E-state index contributed by atoms with van der Waals surface area (Å²) in [6.45, 7) is 1.95. The summed E-state index contributed by atoms with van der Waals surface area (Å²) in [6, 6.07) is 8.49. The average Bonchev–Trinajstić information content (AvgIpc) is 3.10. The molecule has 3 nitrogen and oxygen atoms in total. The quantitative estimate of drug-likeness (QED) is 0.772. The van der Waals surface area contributed by atoms with Crippen LogP contribution in [0.5, 0.6) is 0 Å². The number of nitrogens with zero attached hydrogens (tertiary/aromatic N) is 3. The van der Waals surface area contributed by atoms with Crippen LogP contribution in [0.15, 0.2) is 18.2 Å². The van der Waals surface area contributed by atoms with E-state index in [4.69, 9.17) is 11.6 Å². The van der Waals surface area contributed by atoms with Crippen LogP contribution in [0.4, 0.5) is 0 Å². The molecule has 1 heterocycles. The number of hydrogen-bond donors (Lipinski definition) is 0. The lowest BCUT2D eigenvalue weighted by atomic mass is 10.2. The Hall–Kier alpha value is -1.18. The van der Waals surface area contributed by atoms with Gasteiger partial charge < -0.3 is 4.57 Å². The van der Waals surface area contributed by atoms with E-state index in [9.17, 15) is 5.26 Å². The van der Waals surface area contributed by atoms with Gasteiger partial charge in [-0.15, -0.1) is 11.6 Å². The molecule has 1 aliphatic carbocycles. The van der Waals surface area contributed by atoms with Crippen molar-refractivity contribution >= 4 is 34.4 Å². The number of rotatable bonds is 3. The summed E-state index contributed by atoms with van der Waals surface area (Å²) < 4.78 is 2.28. The lowest BCUT2D eigenvalue weighted by molar-refractivity contribution is 0.511. The van der Waals surface area contributed by atoms with E-state index < -0.39 is 0 Å². The number of alkyl halides is 1. The maximum absolute atomic E-state index is 9.28. The predicted molar refractivity (Wildman–Crippen MR) is 88.9 cm³/mol. The van der Waals surface area contributed by atoms with Gasteiger partial charge in [-0.05, 0) is 44.6 Å². The van der Waals surface area contributed by atoms with Crippen LogP contribution in [0.25, 0.3) is 11.0 Å². The number of benzene rings is 1. The van der Waals surface area contributed by atoms with E-state index in [2.05, 4.69) is 27.9 Å². The molecule has 0 N–H and O–H groups in total. The van der Waals surface area contributed by atoms with E-state index in [1.54, 1.807) is 0 Å². The Morgan fingerprint density at radius 1 is 1.48 bits per heavy atom. The normalized spacial score (nSPS) is 23.3. The molecule has 1 aromatic carbocycles. The predicted octanol–water partition coefficient (Wildman–Crippen LogP) is 4.66. The van der Waals surface area contributed by atoms with Gasteiger partial charge >= 0.3 is 0 Å². The Bertz CT molecular complexity index is 701. The van der Waals surface area contributed by atoms with Gasteiger partial charge in [-0.3, -0.25) is 0 Å². The highest BCUT2D eigenvalue weighted by atomic mass is 35.5. The molecule has 3 atom stereocenters. The molecule has 0 spiro atoms. The molecule has 2 aromatic rings. The van der Waals surface area contributed by atoms with Crippen LogP contribution in [-0.4, -0.2) is 21.1 Å². The summed E-state index contributed by atoms with van der Waals surface area (Å²) in [7, 11) is 0. The smallest absolute Gasteiger partial charge is 0.128 e. The first kappa shape index (κ1) is 14.7. The number of thioether (sulfide) groups is 1. The molecule has 0 bridgehead atoms. The van der Waals surface area contributed by atoms with E-state index in [1.807, 2.05) is 30.8 Å². The molecule has 3 unspecified atom stereocenters. The number of nitriles is 1. The van der Waals surface area contributed by atoms with Crippen LogP contribution in [0, 0.1) is 11.3 Å². The van der Waals surface area contributed by atoms with Crippen molar-refractivity contribution in [1.82, 2.24) is 9.55 Å². The molecular weight excluding hydrogens is 302 g/mol. The third kappa shape index (κ3) is 2.54. The minimum absolute atomic E-state index is 0.155. The van der Waals surface area contributed by atoms with E-state index >= 15 is 0 Å². The fourth-order valence-electron chi connectivity index (χ4n) is 3.26. The molecule has 1 saturated carbocycles. The number of halogens is 1. The molecule has 0 radical (unpaired) electrons. The Labute approximate surface area is 134 Å². The molecular formula is C16H18ClN3S. The minimum Gasteiger partial charge on any atom is -0.324 e. The minimum atomic E-state index is -0.155. The zero-order chi connectivity index (χ0) is 15.0. The first-order valence-corrected chi connectivity index (χ1v) is 8.96. The Balaban J connectivity index is 2.16. The molecule has 1 fully saturated rings. The van der Waals surface area contributed by atoms with Crippen molar-refractivity contribution in [3.05, 3.63) is 29.6 Å². The highest BCUT2D eigenvalue weighted by molar-refractivity contribution is 7.99. The highest BCUT2D eigenvalue weighted by Crippen LogP contribution is 2.40. The second-order valence-corrected chi connectivity index (χ2v) is 7.36. The molecule has 110 valence electrons. The van der Waals surface area contributed by atoms with Gasteiger partial charge in [-0.25, -0.2) is 4.98 Å². The number of para-hydroxylation sites is 1. The van der Waals surface area contributed by atoms with Crippen LogP contribution in [0.3, 0.4) is 0 Å². The molecule has 0 aliphatic heterocycles. The van der Waals surface area contributed by atoms with Gasteiger partial charge in [0.2, 0.25) is 0 Å². The monoisotopic (exact) mass is 319 g/mol. The zero-order valence-electron chi connectivity index (χ0n) is 12.2. The van der Waals surface area contributed by atoms with Crippen molar-refractivity contribution in [3.63, 3.8) is 0 Å². The van der Waals surface area contributed by atoms with Crippen molar-refractivity contribution in [2.45, 2.75) is 42.9 Å². The van der Waals surface area contributed by atoms with Crippen LogP contribution in [-0.2, 0) is 0 Å². The molecule has 1 aliphatic rings. The third-order valence-corrected chi connectivity index (χ3v) is 5.57. The third-order valence-electron chi connectivity index (χ3n) is 4.28. The van der Waals surface area contributed by atoms with Gasteiger partial charge in [0.15, 0.2) is 0 Å². The Morgan fingerprint density at radius 3 is 2.90 bits per heavy atom. The van der Waals surface area contributed by atoms with E-state index in [0.717, 1.165) is 29.7 Å². The van der Waals surface area contributed by atoms with Crippen molar-refractivity contribution in [2.24, 2.45) is 0 Å². The maximum atomic E-state index is 9.28. The van der Waals surface area contributed by atoms with Crippen molar-refractivity contribution in [2.75, 3.05) is 6.26 Å². The summed E-state index contributed by atoms with van der Waals surface area (Å²) in [6.07, 6.45) is 5.72. The van der Waals surface area contributed by atoms with Gasteiger partial charge in [0.05, 0.1) is 16.5 Å². The first-order valence-electron chi connectivity index (χ1n) is 7.23. The largest absolute Gasteiger partial charge is 0.324 e. The summed E-state index contributed by atoms with van der Waals surface area (Å²) in [5.74, 6) is 0.890. The Morgan fingerprint density at radius 2 is 2.29 bits per heavy atom. The number of imidazole rings is 1. The lowest BCUT2D eigenvalue weighted by Gasteiger charge is -2.18. The SMILES string of the molecule is CSC1CCC(n2c(C(C)Cl)nc3c(C#N)cccc32)C1. The van der Waals surface area contributed by atoms with E-state index in [-0.39, 0.29) is 5.38 Å². The maximum Gasteiger partial charge on any atom is 0.128 e. The fraction of sp³-hybridized carbons (Fsp3) is 0.500. The van der Waals surface area contributed by atoms with Gasteiger partial charge in [0, 0.05) is 11.3 Å². The molecule has 0 saturated heterocycles. The van der Waals surface area contributed by atoms with Gasteiger partial charge in [0.1, 0.15) is 17.4 Å². The van der Waals surface area contributed by atoms with Crippen molar-refractivity contribution in [1.29, 1.82) is 5.26 Å². The molecule has 0 amide bonds. The molecule has 1 aromatic heterocycles. The van der Waals surface area contributed by atoms with E-state index in [0.29, 0.717) is 16.9 Å². The van der Waals surface area contributed by atoms with Gasteiger partial charge in [0.25, 0.3) is 0 Å². The standard InChI is InChI=1S/C16H18ClN3S/c1-10(17)16-19-15-11(9-18)4-3-5-14(15)20(16)12-6-7-13(8-12)21-2/h3-5,10,12-13H,6-8H2,1-2H3. The zero-order valence-corrected chi connectivity index (χ0v) is 13.8. The highest BCUT2D eigenvalue weighted by Gasteiger charge is 2.29. The van der Waals surface area contributed by atoms with Crippen LogP contribution in [0.2, 0.25) is 0 Å². The molecule has 3 rings (SSSR count). The van der Waals surface area contributed by atoms with E-state index in [1.165, 1.54) is 6.42 Å². The number of hydrogen-bond acceptors (Lipinski definition) is 3. The van der Waals surface area contributed by atoms with Crippen LogP contribution < -0.4 is 0 Å². The van der Waals surface area contributed by atoms with Crippen molar-refractivity contribution in [3.8, 4) is 6.07 Å². The first-order chi connectivity index (χ1) is 10.2. The van der Waals surface area contributed by atoms with Crippen molar-refractivity contribution < 1.29 is 0 Å². The average molecular weight is 320 g/mol. The second-order valence-electron chi connectivity index (χ2n) is 5.57. The topological polar surface area (TPSA) is 41.6 Å².